The smallest absolute Gasteiger partial charge is 0.183 e. The third kappa shape index (κ3) is 1.94. The van der Waals surface area contributed by atoms with Gasteiger partial charge < -0.3 is 15.2 Å². The van der Waals surface area contributed by atoms with E-state index in [1.54, 1.807) is 0 Å². The van der Waals surface area contributed by atoms with Gasteiger partial charge in [0, 0.05) is 42.3 Å². The van der Waals surface area contributed by atoms with Crippen LogP contribution in [0.4, 0.5) is 0 Å². The number of piperazine rings is 1. The lowest BCUT2D eigenvalue weighted by molar-refractivity contribution is 0.0896. The molecular weight excluding hydrogens is 226 g/mol. The summed E-state index contributed by atoms with van der Waals surface area (Å²) >= 11 is 0. The molecule has 3 rings (SSSR count). The van der Waals surface area contributed by atoms with Crippen LogP contribution in [0.2, 0.25) is 0 Å². The van der Waals surface area contributed by atoms with Gasteiger partial charge in [0.1, 0.15) is 0 Å². The van der Waals surface area contributed by atoms with E-state index in [9.17, 15) is 4.79 Å². The molecule has 1 aliphatic heterocycles. The fraction of sp³-hybridized carbons (Fsp3) is 0.357. The average molecular weight is 243 g/mol. The number of H-pyrrole nitrogens is 1. The van der Waals surface area contributed by atoms with Crippen LogP contribution in [-0.4, -0.2) is 48.4 Å². The third-order valence-electron chi connectivity index (χ3n) is 3.55. The van der Waals surface area contributed by atoms with E-state index >= 15 is 0 Å². The first-order valence-corrected chi connectivity index (χ1v) is 6.28. The van der Waals surface area contributed by atoms with Crippen LogP contribution in [0.1, 0.15) is 10.4 Å². The van der Waals surface area contributed by atoms with Crippen molar-refractivity contribution in [1.29, 1.82) is 0 Å². The average Bonchev–Trinajstić information content (AvgIpc) is 2.82. The van der Waals surface area contributed by atoms with E-state index in [0.29, 0.717) is 0 Å². The molecule has 1 unspecified atom stereocenters. The van der Waals surface area contributed by atoms with E-state index in [0.717, 1.165) is 36.1 Å². The van der Waals surface area contributed by atoms with Gasteiger partial charge in [-0.2, -0.15) is 0 Å². The molecule has 0 aliphatic carbocycles. The first kappa shape index (κ1) is 11.4. The second-order valence-electron chi connectivity index (χ2n) is 4.88. The minimum atomic E-state index is -0.0945. The largest absolute Gasteiger partial charge is 0.360 e. The summed E-state index contributed by atoms with van der Waals surface area (Å²) in [6.45, 7) is 2.64. The number of rotatable bonds is 2. The number of carbonyl (C=O) groups excluding carboxylic acids is 1. The summed E-state index contributed by atoms with van der Waals surface area (Å²) in [5.74, 6) is 0.180. The molecule has 4 heteroatoms. The molecule has 1 aromatic carbocycles. The fourth-order valence-corrected chi connectivity index (χ4v) is 2.54. The van der Waals surface area contributed by atoms with Crippen molar-refractivity contribution in [3.63, 3.8) is 0 Å². The van der Waals surface area contributed by atoms with Crippen LogP contribution < -0.4 is 5.32 Å². The predicted octanol–water partition coefficient (Wildman–Crippen LogP) is 1.25. The van der Waals surface area contributed by atoms with Crippen LogP contribution in [0.3, 0.4) is 0 Å². The lowest BCUT2D eigenvalue weighted by atomic mass is 10.0. The number of aromatic amines is 1. The highest BCUT2D eigenvalue weighted by Gasteiger charge is 2.25. The summed E-state index contributed by atoms with van der Waals surface area (Å²) in [4.78, 5) is 17.9. The number of para-hydroxylation sites is 1. The zero-order chi connectivity index (χ0) is 12.5. The van der Waals surface area contributed by atoms with Crippen LogP contribution in [0.25, 0.3) is 10.9 Å². The van der Waals surface area contributed by atoms with Crippen molar-refractivity contribution in [2.75, 3.05) is 26.7 Å². The molecule has 0 radical (unpaired) electrons. The molecule has 0 amide bonds. The summed E-state index contributed by atoms with van der Waals surface area (Å²) in [7, 11) is 2.05. The van der Waals surface area contributed by atoms with Crippen molar-refractivity contribution in [3.05, 3.63) is 36.0 Å². The minimum absolute atomic E-state index is 0.0945. The van der Waals surface area contributed by atoms with Crippen LogP contribution in [0.5, 0.6) is 0 Å². The first-order valence-electron chi connectivity index (χ1n) is 6.28. The Morgan fingerprint density at radius 2 is 2.22 bits per heavy atom. The number of Topliss-reactive ketones (excluding diaryl/α,β-unsaturated/α-hetero) is 1. The lowest BCUT2D eigenvalue weighted by Gasteiger charge is -2.29. The fourth-order valence-electron chi connectivity index (χ4n) is 2.54. The number of carbonyl (C=O) groups is 1. The Bertz CT molecular complexity index is 575. The summed E-state index contributed by atoms with van der Waals surface area (Å²) in [6.07, 6.45) is 1.82. The summed E-state index contributed by atoms with van der Waals surface area (Å²) in [5, 5.41) is 4.31. The molecule has 0 bridgehead atoms. The Labute approximate surface area is 106 Å². The highest BCUT2D eigenvalue weighted by molar-refractivity contribution is 6.10. The van der Waals surface area contributed by atoms with Crippen LogP contribution >= 0.6 is 0 Å². The van der Waals surface area contributed by atoms with Gasteiger partial charge in [0.15, 0.2) is 5.78 Å². The normalized spacial score (nSPS) is 21.3. The summed E-state index contributed by atoms with van der Waals surface area (Å²) < 4.78 is 0. The Morgan fingerprint density at radius 1 is 1.39 bits per heavy atom. The number of aromatic nitrogens is 1. The molecular formula is C14H17N3O. The Balaban J connectivity index is 1.92. The molecule has 0 spiro atoms. The second kappa shape index (κ2) is 4.55. The molecule has 94 valence electrons. The van der Waals surface area contributed by atoms with Crippen LogP contribution in [-0.2, 0) is 0 Å². The van der Waals surface area contributed by atoms with Crippen molar-refractivity contribution in [1.82, 2.24) is 15.2 Å². The monoisotopic (exact) mass is 243 g/mol. The van der Waals surface area contributed by atoms with Crippen molar-refractivity contribution < 1.29 is 4.79 Å². The van der Waals surface area contributed by atoms with E-state index in [2.05, 4.69) is 22.2 Å². The van der Waals surface area contributed by atoms with Gasteiger partial charge in [-0.1, -0.05) is 18.2 Å². The first-order chi connectivity index (χ1) is 8.75. The highest BCUT2D eigenvalue weighted by atomic mass is 16.1. The number of nitrogens with one attached hydrogen (secondary N) is 2. The van der Waals surface area contributed by atoms with Gasteiger partial charge in [0.25, 0.3) is 0 Å². The van der Waals surface area contributed by atoms with Gasteiger partial charge in [-0.15, -0.1) is 0 Å². The predicted molar refractivity (Wildman–Crippen MR) is 71.9 cm³/mol. The molecule has 0 saturated carbocycles. The molecule has 1 aliphatic rings. The van der Waals surface area contributed by atoms with Gasteiger partial charge in [-0.3, -0.25) is 4.79 Å². The van der Waals surface area contributed by atoms with Crippen molar-refractivity contribution in [3.8, 4) is 0 Å². The third-order valence-corrected chi connectivity index (χ3v) is 3.55. The summed E-state index contributed by atoms with van der Waals surface area (Å²) in [5.41, 5.74) is 1.81. The van der Waals surface area contributed by atoms with Crippen LogP contribution in [0.15, 0.2) is 30.5 Å². The van der Waals surface area contributed by atoms with E-state index < -0.39 is 0 Å². The zero-order valence-electron chi connectivity index (χ0n) is 10.4. The standard InChI is InChI=1S/C14H17N3O/c1-17-7-6-15-13(9-17)14(18)11-8-16-12-5-3-2-4-10(11)12/h2-5,8,13,15-16H,6-7,9H2,1H3. The zero-order valence-corrected chi connectivity index (χ0v) is 10.4. The van der Waals surface area contributed by atoms with E-state index in [-0.39, 0.29) is 11.8 Å². The molecule has 18 heavy (non-hydrogen) atoms. The van der Waals surface area contributed by atoms with Crippen molar-refractivity contribution in [2.24, 2.45) is 0 Å². The molecule has 1 fully saturated rings. The maximum Gasteiger partial charge on any atom is 0.183 e. The molecule has 2 aromatic rings. The van der Waals surface area contributed by atoms with Crippen LogP contribution in [0, 0.1) is 0 Å². The topological polar surface area (TPSA) is 48.1 Å². The number of likely N-dealkylation sites (N-methyl/N-ethyl adjacent to an activating group) is 1. The molecule has 1 aromatic heterocycles. The minimum Gasteiger partial charge on any atom is -0.360 e. The van der Waals surface area contributed by atoms with Crippen molar-refractivity contribution in [2.45, 2.75) is 6.04 Å². The molecule has 2 N–H and O–H groups in total. The Morgan fingerprint density at radius 3 is 3.06 bits per heavy atom. The molecule has 1 atom stereocenters. The second-order valence-corrected chi connectivity index (χ2v) is 4.88. The van der Waals surface area contributed by atoms with Gasteiger partial charge >= 0.3 is 0 Å². The number of benzene rings is 1. The van der Waals surface area contributed by atoms with E-state index in [4.69, 9.17) is 0 Å². The molecule has 2 heterocycles. The summed E-state index contributed by atoms with van der Waals surface area (Å²) in [6, 6.07) is 7.83. The molecule has 4 nitrogen and oxygen atoms in total. The number of hydrogen-bond donors (Lipinski definition) is 2. The van der Waals surface area contributed by atoms with E-state index in [1.165, 1.54) is 0 Å². The van der Waals surface area contributed by atoms with E-state index in [1.807, 2.05) is 30.5 Å². The quantitative estimate of drug-likeness (QED) is 0.781. The SMILES string of the molecule is CN1CCNC(C(=O)c2c[nH]c3ccccc23)C1. The maximum atomic E-state index is 12.5. The van der Waals surface area contributed by atoms with Gasteiger partial charge in [0.2, 0.25) is 0 Å². The highest BCUT2D eigenvalue weighted by Crippen LogP contribution is 2.19. The van der Waals surface area contributed by atoms with Gasteiger partial charge in [-0.25, -0.2) is 0 Å². The lowest BCUT2D eigenvalue weighted by Crippen LogP contribution is -2.52. The number of fused-ring (bicyclic) bond motifs is 1. The Kier molecular flexibility index (Phi) is 2.89. The number of nitrogens with zero attached hydrogens (tertiary/aromatic N) is 1. The molecule has 1 saturated heterocycles. The van der Waals surface area contributed by atoms with Gasteiger partial charge in [0.05, 0.1) is 6.04 Å². The number of ketones is 1. The number of hydrogen-bond acceptors (Lipinski definition) is 3. The van der Waals surface area contributed by atoms with Gasteiger partial charge in [-0.05, 0) is 13.1 Å². The Hall–Kier alpha value is -1.65. The van der Waals surface area contributed by atoms with Crippen molar-refractivity contribution >= 4 is 16.7 Å². The maximum absolute atomic E-state index is 12.5.